The summed E-state index contributed by atoms with van der Waals surface area (Å²) >= 11 is 9.02. The van der Waals surface area contributed by atoms with Gasteiger partial charge in [0.1, 0.15) is 0 Å². The average molecular weight is 419 g/mol. The zero-order valence-corrected chi connectivity index (χ0v) is 17.2. The number of nitrogens with zero attached hydrogens (tertiary/aromatic N) is 3. The van der Waals surface area contributed by atoms with Crippen LogP contribution in [0.2, 0.25) is 5.02 Å². The Morgan fingerprint density at radius 3 is 2.78 bits per heavy atom. The molecule has 0 aliphatic heterocycles. The molecule has 8 heteroatoms. The van der Waals surface area contributed by atoms with E-state index < -0.39 is 0 Å². The number of rotatable bonds is 7. The monoisotopic (exact) mass is 418 g/mol. The lowest BCUT2D eigenvalue weighted by molar-refractivity contribution is -0.119. The Bertz CT molecular complexity index is 920. The molecule has 0 spiro atoms. The number of hydrogen-bond acceptors (Lipinski definition) is 5. The summed E-state index contributed by atoms with van der Waals surface area (Å²) in [7, 11) is 0. The van der Waals surface area contributed by atoms with Crippen LogP contribution in [0, 0.1) is 0 Å². The van der Waals surface area contributed by atoms with Crippen molar-refractivity contribution in [3.63, 3.8) is 0 Å². The Labute approximate surface area is 171 Å². The van der Waals surface area contributed by atoms with E-state index in [1.54, 1.807) is 11.3 Å². The van der Waals surface area contributed by atoms with Crippen LogP contribution in [-0.4, -0.2) is 26.4 Å². The van der Waals surface area contributed by atoms with Gasteiger partial charge in [0.15, 0.2) is 11.0 Å². The molecule has 2 aromatic heterocycles. The lowest BCUT2D eigenvalue weighted by atomic mass is 10.1. The molecule has 1 unspecified atom stereocenters. The van der Waals surface area contributed by atoms with Crippen molar-refractivity contribution in [3.05, 3.63) is 52.4 Å². The SMILES string of the molecule is CC(NC(=O)CSc1nnc(-c2cccs2)n1C1CC1)c1ccc(Cl)cc1. The molecule has 1 aliphatic rings. The summed E-state index contributed by atoms with van der Waals surface area (Å²) in [4.78, 5) is 13.5. The Morgan fingerprint density at radius 1 is 1.33 bits per heavy atom. The van der Waals surface area contributed by atoms with Crippen LogP contribution in [0.4, 0.5) is 0 Å². The quantitative estimate of drug-likeness (QED) is 0.550. The predicted octanol–water partition coefficient (Wildman–Crippen LogP) is 4.96. The van der Waals surface area contributed by atoms with Crippen LogP contribution in [-0.2, 0) is 4.79 Å². The molecular weight excluding hydrogens is 400 g/mol. The van der Waals surface area contributed by atoms with E-state index in [2.05, 4.69) is 26.1 Å². The van der Waals surface area contributed by atoms with Crippen molar-refractivity contribution < 1.29 is 4.79 Å². The molecule has 3 aromatic rings. The van der Waals surface area contributed by atoms with Crippen LogP contribution in [0.15, 0.2) is 46.9 Å². The second-order valence-corrected chi connectivity index (χ2v) is 8.84. The van der Waals surface area contributed by atoms with Crippen LogP contribution in [0.25, 0.3) is 10.7 Å². The van der Waals surface area contributed by atoms with Crippen molar-refractivity contribution in [2.75, 3.05) is 5.75 Å². The Balaban J connectivity index is 1.40. The molecule has 1 fully saturated rings. The van der Waals surface area contributed by atoms with Crippen LogP contribution in [0.5, 0.6) is 0 Å². The lowest BCUT2D eigenvalue weighted by Crippen LogP contribution is -2.28. The van der Waals surface area contributed by atoms with Crippen LogP contribution < -0.4 is 5.32 Å². The van der Waals surface area contributed by atoms with Crippen LogP contribution in [0.3, 0.4) is 0 Å². The van der Waals surface area contributed by atoms with E-state index in [0.29, 0.717) is 16.8 Å². The van der Waals surface area contributed by atoms with Crippen molar-refractivity contribution in [1.82, 2.24) is 20.1 Å². The van der Waals surface area contributed by atoms with Crippen molar-refractivity contribution in [3.8, 4) is 10.7 Å². The number of halogens is 1. The fourth-order valence-corrected chi connectivity index (χ4v) is 4.51. The first-order chi connectivity index (χ1) is 13.1. The van der Waals surface area contributed by atoms with Gasteiger partial charge in [0.05, 0.1) is 16.7 Å². The van der Waals surface area contributed by atoms with Gasteiger partial charge in [0.25, 0.3) is 0 Å². The van der Waals surface area contributed by atoms with Crippen molar-refractivity contribution in [1.29, 1.82) is 0 Å². The summed E-state index contributed by atoms with van der Waals surface area (Å²) in [6, 6.07) is 12.0. The standard InChI is InChI=1S/C19H19ClN4OS2/c1-12(13-4-6-14(20)7-5-13)21-17(25)11-27-19-23-22-18(16-3-2-10-26-16)24(19)15-8-9-15/h2-7,10,12,15H,8-9,11H2,1H3,(H,21,25). The average Bonchev–Trinajstić information content (AvgIpc) is 3.18. The highest BCUT2D eigenvalue weighted by molar-refractivity contribution is 7.99. The van der Waals surface area contributed by atoms with E-state index in [1.165, 1.54) is 11.8 Å². The molecule has 0 radical (unpaired) electrons. The maximum absolute atomic E-state index is 12.4. The van der Waals surface area contributed by atoms with E-state index >= 15 is 0 Å². The highest BCUT2D eigenvalue weighted by atomic mass is 35.5. The second kappa shape index (κ2) is 8.04. The number of thioether (sulfide) groups is 1. The van der Waals surface area contributed by atoms with E-state index in [1.807, 2.05) is 42.6 Å². The lowest BCUT2D eigenvalue weighted by Gasteiger charge is -2.14. The molecule has 1 N–H and O–H groups in total. The molecular formula is C19H19ClN4OS2. The summed E-state index contributed by atoms with van der Waals surface area (Å²) in [5.41, 5.74) is 1.03. The van der Waals surface area contributed by atoms with E-state index in [0.717, 1.165) is 34.3 Å². The molecule has 2 heterocycles. The van der Waals surface area contributed by atoms with Crippen molar-refractivity contribution >= 4 is 40.6 Å². The zero-order chi connectivity index (χ0) is 18.8. The van der Waals surface area contributed by atoms with Gasteiger partial charge in [-0.1, -0.05) is 41.6 Å². The van der Waals surface area contributed by atoms with E-state index in [9.17, 15) is 4.79 Å². The number of thiophene rings is 1. The van der Waals surface area contributed by atoms with Gasteiger partial charge in [0, 0.05) is 11.1 Å². The summed E-state index contributed by atoms with van der Waals surface area (Å²) < 4.78 is 2.19. The van der Waals surface area contributed by atoms with Gasteiger partial charge in [-0.25, -0.2) is 0 Å². The third-order valence-electron chi connectivity index (χ3n) is 4.40. The number of hydrogen-bond donors (Lipinski definition) is 1. The molecule has 0 saturated heterocycles. The fraction of sp³-hybridized carbons (Fsp3) is 0.316. The number of benzene rings is 1. The highest BCUT2D eigenvalue weighted by Gasteiger charge is 2.30. The zero-order valence-electron chi connectivity index (χ0n) is 14.8. The van der Waals surface area contributed by atoms with Crippen molar-refractivity contribution in [2.45, 2.75) is 37.0 Å². The van der Waals surface area contributed by atoms with Crippen LogP contribution in [0.1, 0.15) is 37.4 Å². The normalized spacial score (nSPS) is 14.9. The first kappa shape index (κ1) is 18.5. The molecule has 4 rings (SSSR count). The predicted molar refractivity (Wildman–Crippen MR) is 110 cm³/mol. The maximum atomic E-state index is 12.4. The minimum atomic E-state index is -0.0710. The highest BCUT2D eigenvalue weighted by Crippen LogP contribution is 2.41. The Kier molecular flexibility index (Phi) is 5.52. The summed E-state index contributed by atoms with van der Waals surface area (Å²) in [5, 5.41) is 15.3. The largest absolute Gasteiger partial charge is 0.349 e. The molecule has 1 aliphatic carbocycles. The molecule has 0 bridgehead atoms. The fourth-order valence-electron chi connectivity index (χ4n) is 2.86. The molecule has 140 valence electrons. The second-order valence-electron chi connectivity index (χ2n) is 6.51. The smallest absolute Gasteiger partial charge is 0.230 e. The summed E-state index contributed by atoms with van der Waals surface area (Å²) in [6.45, 7) is 1.97. The summed E-state index contributed by atoms with van der Waals surface area (Å²) in [5.74, 6) is 1.20. The van der Waals surface area contributed by atoms with Gasteiger partial charge < -0.3 is 5.32 Å². The number of carbonyl (C=O) groups is 1. The molecule has 27 heavy (non-hydrogen) atoms. The van der Waals surface area contributed by atoms with Gasteiger partial charge in [-0.2, -0.15) is 0 Å². The van der Waals surface area contributed by atoms with E-state index in [4.69, 9.17) is 11.6 Å². The number of aromatic nitrogens is 3. The Morgan fingerprint density at radius 2 is 2.11 bits per heavy atom. The topological polar surface area (TPSA) is 59.8 Å². The Hall–Kier alpha value is -1.83. The third-order valence-corrected chi connectivity index (χ3v) is 6.46. The minimum absolute atomic E-state index is 0.0227. The molecule has 1 atom stereocenters. The number of carbonyl (C=O) groups excluding carboxylic acids is 1. The van der Waals surface area contributed by atoms with Gasteiger partial charge in [-0.15, -0.1) is 21.5 Å². The molecule has 1 amide bonds. The molecule has 1 saturated carbocycles. The molecule has 5 nitrogen and oxygen atoms in total. The summed E-state index contributed by atoms with van der Waals surface area (Å²) in [6.07, 6.45) is 2.29. The van der Waals surface area contributed by atoms with Gasteiger partial charge >= 0.3 is 0 Å². The third kappa shape index (κ3) is 4.36. The first-order valence-electron chi connectivity index (χ1n) is 8.78. The van der Waals surface area contributed by atoms with E-state index in [-0.39, 0.29) is 11.9 Å². The van der Waals surface area contributed by atoms with Crippen LogP contribution >= 0.6 is 34.7 Å². The maximum Gasteiger partial charge on any atom is 0.230 e. The number of nitrogens with one attached hydrogen (secondary N) is 1. The minimum Gasteiger partial charge on any atom is -0.349 e. The van der Waals surface area contributed by atoms with Crippen molar-refractivity contribution in [2.24, 2.45) is 0 Å². The number of amides is 1. The molecule has 1 aromatic carbocycles. The van der Waals surface area contributed by atoms with Gasteiger partial charge in [-0.05, 0) is 48.9 Å². The van der Waals surface area contributed by atoms with Gasteiger partial charge in [-0.3, -0.25) is 9.36 Å². The van der Waals surface area contributed by atoms with Gasteiger partial charge in [0.2, 0.25) is 5.91 Å². The first-order valence-corrected chi connectivity index (χ1v) is 11.0.